The number of nitrogens with zero attached hydrogens (tertiary/aromatic N) is 2. The van der Waals surface area contributed by atoms with Crippen molar-refractivity contribution in [3.05, 3.63) is 0 Å². The molecule has 0 bridgehead atoms. The molecule has 0 radical (unpaired) electrons. The third kappa shape index (κ3) is 1.92. The highest BCUT2D eigenvalue weighted by Crippen LogP contribution is 2.13. The minimum atomic E-state index is -0.151. The van der Waals surface area contributed by atoms with Gasteiger partial charge in [-0.2, -0.15) is 0 Å². The van der Waals surface area contributed by atoms with Crippen LogP contribution in [-0.2, 0) is 9.59 Å². The fraction of sp³-hybridized carbons (Fsp3) is 0.750. The van der Waals surface area contributed by atoms with Gasteiger partial charge in [0, 0.05) is 13.1 Å². The third-order valence-electron chi connectivity index (χ3n) is 1.92. The molecule has 0 N–H and O–H groups in total. The van der Waals surface area contributed by atoms with E-state index in [2.05, 4.69) is 4.99 Å². The summed E-state index contributed by atoms with van der Waals surface area (Å²) < 4.78 is 0. The molecule has 1 heterocycles. The standard InChI is InChI=1S/C8H12N2O2/c1-2-3-10-5-7(9-6-11)4-8(10)12/h7H,2-5H2,1H3. The van der Waals surface area contributed by atoms with E-state index in [9.17, 15) is 9.59 Å². The molecule has 1 atom stereocenters. The lowest BCUT2D eigenvalue weighted by Crippen LogP contribution is -2.26. The molecule has 0 aromatic heterocycles. The van der Waals surface area contributed by atoms with Crippen LogP contribution < -0.4 is 0 Å². The first-order valence-corrected chi connectivity index (χ1v) is 4.12. The minimum Gasteiger partial charge on any atom is -0.340 e. The van der Waals surface area contributed by atoms with Gasteiger partial charge in [-0.3, -0.25) is 4.79 Å². The number of rotatable bonds is 3. The first kappa shape index (κ1) is 8.94. The van der Waals surface area contributed by atoms with Gasteiger partial charge in [0.2, 0.25) is 12.0 Å². The van der Waals surface area contributed by atoms with Crippen molar-refractivity contribution < 1.29 is 9.59 Å². The van der Waals surface area contributed by atoms with Crippen molar-refractivity contribution in [1.29, 1.82) is 0 Å². The maximum Gasteiger partial charge on any atom is 0.235 e. The summed E-state index contributed by atoms with van der Waals surface area (Å²) in [5, 5.41) is 0. The minimum absolute atomic E-state index is 0.0980. The Morgan fingerprint density at radius 3 is 3.08 bits per heavy atom. The van der Waals surface area contributed by atoms with E-state index in [1.165, 1.54) is 6.08 Å². The van der Waals surface area contributed by atoms with E-state index in [-0.39, 0.29) is 11.9 Å². The zero-order valence-corrected chi connectivity index (χ0v) is 7.12. The summed E-state index contributed by atoms with van der Waals surface area (Å²) in [6.07, 6.45) is 2.81. The monoisotopic (exact) mass is 168 g/mol. The van der Waals surface area contributed by atoms with E-state index in [4.69, 9.17) is 0 Å². The van der Waals surface area contributed by atoms with Crippen molar-refractivity contribution in [1.82, 2.24) is 4.90 Å². The molecule has 1 unspecified atom stereocenters. The van der Waals surface area contributed by atoms with E-state index in [1.54, 1.807) is 4.90 Å². The summed E-state index contributed by atoms with van der Waals surface area (Å²) in [5.41, 5.74) is 0. The Hall–Kier alpha value is -1.15. The number of hydrogen-bond donors (Lipinski definition) is 0. The van der Waals surface area contributed by atoms with Crippen molar-refractivity contribution in [2.45, 2.75) is 25.8 Å². The SMILES string of the molecule is CCCN1CC(N=C=O)CC1=O. The van der Waals surface area contributed by atoms with Gasteiger partial charge in [-0.15, -0.1) is 0 Å². The molecule has 1 aliphatic heterocycles. The van der Waals surface area contributed by atoms with Gasteiger partial charge in [-0.05, 0) is 6.42 Å². The zero-order valence-electron chi connectivity index (χ0n) is 7.12. The van der Waals surface area contributed by atoms with Crippen LogP contribution in [0.15, 0.2) is 4.99 Å². The lowest BCUT2D eigenvalue weighted by atomic mass is 10.3. The average Bonchev–Trinajstić information content (AvgIpc) is 2.34. The van der Waals surface area contributed by atoms with Gasteiger partial charge in [0.1, 0.15) is 0 Å². The highest BCUT2D eigenvalue weighted by molar-refractivity contribution is 5.79. The van der Waals surface area contributed by atoms with Gasteiger partial charge in [0.15, 0.2) is 0 Å². The zero-order chi connectivity index (χ0) is 8.97. The molecular weight excluding hydrogens is 156 g/mol. The normalized spacial score (nSPS) is 22.6. The molecule has 1 fully saturated rings. The van der Waals surface area contributed by atoms with Crippen LogP contribution in [0.4, 0.5) is 0 Å². The molecule has 0 aliphatic carbocycles. The second kappa shape index (κ2) is 4.02. The molecule has 0 saturated carbocycles. The van der Waals surface area contributed by atoms with Crippen LogP contribution >= 0.6 is 0 Å². The maximum absolute atomic E-state index is 11.2. The van der Waals surface area contributed by atoms with Crippen LogP contribution in [-0.4, -0.2) is 36.0 Å². The van der Waals surface area contributed by atoms with E-state index in [1.807, 2.05) is 6.92 Å². The van der Waals surface area contributed by atoms with Crippen LogP contribution in [0.5, 0.6) is 0 Å². The largest absolute Gasteiger partial charge is 0.340 e. The van der Waals surface area contributed by atoms with Gasteiger partial charge < -0.3 is 4.90 Å². The van der Waals surface area contributed by atoms with Crippen molar-refractivity contribution in [3.8, 4) is 0 Å². The Labute approximate surface area is 71.3 Å². The number of carbonyl (C=O) groups is 1. The Morgan fingerprint density at radius 2 is 2.50 bits per heavy atom. The molecule has 4 nitrogen and oxygen atoms in total. The topological polar surface area (TPSA) is 49.7 Å². The fourth-order valence-corrected chi connectivity index (χ4v) is 1.40. The first-order valence-electron chi connectivity index (χ1n) is 4.12. The lowest BCUT2D eigenvalue weighted by molar-refractivity contribution is -0.127. The molecule has 1 saturated heterocycles. The molecule has 4 heteroatoms. The number of hydrogen-bond acceptors (Lipinski definition) is 3. The number of isocyanates is 1. The molecule has 0 aromatic rings. The molecule has 0 spiro atoms. The Morgan fingerprint density at radius 1 is 1.75 bits per heavy atom. The summed E-state index contributed by atoms with van der Waals surface area (Å²) in [7, 11) is 0. The predicted octanol–water partition coefficient (Wildman–Crippen LogP) is 0.333. The fourth-order valence-electron chi connectivity index (χ4n) is 1.40. The highest BCUT2D eigenvalue weighted by atomic mass is 16.2. The number of amides is 1. The van der Waals surface area contributed by atoms with Crippen molar-refractivity contribution >= 4 is 12.0 Å². The molecule has 1 amide bonds. The summed E-state index contributed by atoms with van der Waals surface area (Å²) in [5.74, 6) is 0.0980. The van der Waals surface area contributed by atoms with Crippen LogP contribution in [0.25, 0.3) is 0 Å². The number of likely N-dealkylation sites (tertiary alicyclic amines) is 1. The summed E-state index contributed by atoms with van der Waals surface area (Å²) >= 11 is 0. The summed E-state index contributed by atoms with van der Waals surface area (Å²) in [6, 6.07) is -0.151. The van der Waals surface area contributed by atoms with Crippen molar-refractivity contribution in [2.24, 2.45) is 4.99 Å². The Balaban J connectivity index is 2.49. The second-order valence-corrected chi connectivity index (χ2v) is 2.92. The molecular formula is C8H12N2O2. The Bertz CT molecular complexity index is 221. The van der Waals surface area contributed by atoms with E-state index < -0.39 is 0 Å². The lowest BCUT2D eigenvalue weighted by Gasteiger charge is -2.13. The third-order valence-corrected chi connectivity index (χ3v) is 1.92. The quantitative estimate of drug-likeness (QED) is 0.450. The van der Waals surface area contributed by atoms with Crippen molar-refractivity contribution in [3.63, 3.8) is 0 Å². The van der Waals surface area contributed by atoms with Gasteiger partial charge in [0.25, 0.3) is 0 Å². The highest BCUT2D eigenvalue weighted by Gasteiger charge is 2.28. The second-order valence-electron chi connectivity index (χ2n) is 2.92. The van der Waals surface area contributed by atoms with Gasteiger partial charge >= 0.3 is 0 Å². The Kier molecular flexibility index (Phi) is 3.00. The summed E-state index contributed by atoms with van der Waals surface area (Å²) in [4.78, 5) is 26.4. The maximum atomic E-state index is 11.2. The number of carbonyl (C=O) groups excluding carboxylic acids is 2. The van der Waals surface area contributed by atoms with Gasteiger partial charge in [-0.1, -0.05) is 6.92 Å². The van der Waals surface area contributed by atoms with Crippen LogP contribution in [0.3, 0.4) is 0 Å². The van der Waals surface area contributed by atoms with Crippen LogP contribution in [0.2, 0.25) is 0 Å². The molecule has 1 rings (SSSR count). The molecule has 0 aromatic carbocycles. The van der Waals surface area contributed by atoms with E-state index in [0.29, 0.717) is 13.0 Å². The van der Waals surface area contributed by atoms with E-state index in [0.717, 1.165) is 13.0 Å². The van der Waals surface area contributed by atoms with Gasteiger partial charge in [0.05, 0.1) is 12.5 Å². The smallest absolute Gasteiger partial charge is 0.235 e. The molecule has 12 heavy (non-hydrogen) atoms. The van der Waals surface area contributed by atoms with Crippen LogP contribution in [0.1, 0.15) is 19.8 Å². The van der Waals surface area contributed by atoms with Crippen LogP contribution in [0, 0.1) is 0 Å². The molecule has 66 valence electrons. The number of aliphatic imine (C=N–C) groups is 1. The van der Waals surface area contributed by atoms with Gasteiger partial charge in [-0.25, -0.2) is 9.79 Å². The summed E-state index contributed by atoms with van der Waals surface area (Å²) in [6.45, 7) is 3.37. The molecule has 1 aliphatic rings. The predicted molar refractivity (Wildman–Crippen MR) is 43.4 cm³/mol. The van der Waals surface area contributed by atoms with E-state index >= 15 is 0 Å². The average molecular weight is 168 g/mol. The van der Waals surface area contributed by atoms with Crippen molar-refractivity contribution in [2.75, 3.05) is 13.1 Å². The first-order chi connectivity index (χ1) is 5.77.